The van der Waals surface area contributed by atoms with Gasteiger partial charge in [-0.3, -0.25) is 4.79 Å². The van der Waals surface area contributed by atoms with E-state index in [1.54, 1.807) is 18.2 Å². The van der Waals surface area contributed by atoms with E-state index in [1.165, 1.54) is 18.2 Å². The lowest BCUT2D eigenvalue weighted by molar-refractivity contribution is 0.102. The first-order valence-electron chi connectivity index (χ1n) is 5.55. The van der Waals surface area contributed by atoms with Crippen molar-refractivity contribution in [1.29, 1.82) is 5.26 Å². The van der Waals surface area contributed by atoms with Crippen LogP contribution in [-0.4, -0.2) is 16.1 Å². The number of carbonyl (C=O) groups is 1. The summed E-state index contributed by atoms with van der Waals surface area (Å²) < 4.78 is 0.706. The summed E-state index contributed by atoms with van der Waals surface area (Å²) in [4.78, 5) is 12.1. The summed E-state index contributed by atoms with van der Waals surface area (Å²) in [6, 6.07) is 10.7. The summed E-state index contributed by atoms with van der Waals surface area (Å²) in [7, 11) is 0. The van der Waals surface area contributed by atoms with Gasteiger partial charge in [-0.1, -0.05) is 22.0 Å². The molecule has 2 aromatic carbocycles. The number of halogens is 1. The molecule has 0 fully saturated rings. The molecule has 0 aliphatic heterocycles. The van der Waals surface area contributed by atoms with Crippen LogP contribution >= 0.6 is 15.9 Å². The van der Waals surface area contributed by atoms with Crippen molar-refractivity contribution in [2.45, 2.75) is 0 Å². The molecular formula is C14H9BrN2O3. The van der Waals surface area contributed by atoms with Gasteiger partial charge in [0, 0.05) is 4.47 Å². The minimum absolute atomic E-state index is 0.237. The second-order valence-corrected chi connectivity index (χ2v) is 4.84. The van der Waals surface area contributed by atoms with E-state index in [1.807, 2.05) is 6.07 Å². The predicted octanol–water partition coefficient (Wildman–Crippen LogP) is 2.98. The van der Waals surface area contributed by atoms with Gasteiger partial charge in [0.15, 0.2) is 0 Å². The molecule has 0 aliphatic carbocycles. The molecule has 100 valence electrons. The molecule has 0 saturated heterocycles. The topological polar surface area (TPSA) is 93.4 Å². The molecule has 0 radical (unpaired) electrons. The first-order valence-corrected chi connectivity index (χ1v) is 6.34. The van der Waals surface area contributed by atoms with E-state index in [0.29, 0.717) is 10.2 Å². The monoisotopic (exact) mass is 332 g/mol. The number of benzene rings is 2. The van der Waals surface area contributed by atoms with Gasteiger partial charge in [-0.05, 0) is 30.3 Å². The molecule has 0 aliphatic rings. The van der Waals surface area contributed by atoms with E-state index < -0.39 is 5.91 Å². The maximum atomic E-state index is 12.1. The van der Waals surface area contributed by atoms with Crippen molar-refractivity contribution in [3.05, 3.63) is 52.0 Å². The average Bonchev–Trinajstić information content (AvgIpc) is 2.40. The zero-order valence-corrected chi connectivity index (χ0v) is 11.7. The van der Waals surface area contributed by atoms with Gasteiger partial charge in [-0.2, -0.15) is 5.26 Å². The molecule has 0 unspecified atom stereocenters. The molecule has 3 N–H and O–H groups in total. The molecule has 0 bridgehead atoms. The number of amides is 1. The molecule has 1 amide bonds. The maximum Gasteiger partial charge on any atom is 0.263 e. The number of aromatic hydroxyl groups is 2. The lowest BCUT2D eigenvalue weighted by Crippen LogP contribution is -2.13. The summed E-state index contributed by atoms with van der Waals surface area (Å²) in [5.41, 5.74) is 0.324. The number of hydrogen-bond donors (Lipinski definition) is 3. The summed E-state index contributed by atoms with van der Waals surface area (Å²) in [6.45, 7) is 0. The van der Waals surface area contributed by atoms with Crippen molar-refractivity contribution in [1.82, 2.24) is 0 Å². The molecule has 5 nitrogen and oxygen atoms in total. The van der Waals surface area contributed by atoms with Crippen LogP contribution in [0.5, 0.6) is 11.5 Å². The molecule has 0 aromatic heterocycles. The second-order valence-electron chi connectivity index (χ2n) is 3.93. The number of phenols is 2. The van der Waals surface area contributed by atoms with E-state index in [4.69, 9.17) is 5.26 Å². The van der Waals surface area contributed by atoms with Crippen molar-refractivity contribution in [3.8, 4) is 17.6 Å². The largest absolute Gasteiger partial charge is 0.507 e. The number of nitriles is 1. The normalized spacial score (nSPS) is 9.80. The van der Waals surface area contributed by atoms with Gasteiger partial charge < -0.3 is 15.5 Å². The number of nitrogens with one attached hydrogen (secondary N) is 1. The maximum absolute atomic E-state index is 12.1. The standard InChI is InChI=1S/C14H9BrN2O3/c15-9-4-5-10(8(6-9)7-16)17-14(20)13-11(18)2-1-3-12(13)19/h1-6,18-19H,(H,17,20). The van der Waals surface area contributed by atoms with E-state index >= 15 is 0 Å². The van der Waals surface area contributed by atoms with Crippen molar-refractivity contribution in [2.24, 2.45) is 0 Å². The Bertz CT molecular complexity index is 703. The Morgan fingerprint density at radius 2 is 1.85 bits per heavy atom. The Kier molecular flexibility index (Phi) is 3.91. The van der Waals surface area contributed by atoms with Gasteiger partial charge in [0.25, 0.3) is 5.91 Å². The van der Waals surface area contributed by atoms with Gasteiger partial charge in [0.05, 0.1) is 11.3 Å². The zero-order chi connectivity index (χ0) is 14.7. The highest BCUT2D eigenvalue weighted by Crippen LogP contribution is 2.28. The molecule has 2 rings (SSSR count). The fourth-order valence-corrected chi connectivity index (χ4v) is 2.02. The second kappa shape index (κ2) is 5.63. The molecule has 2 aromatic rings. The third kappa shape index (κ3) is 2.73. The Morgan fingerprint density at radius 3 is 2.45 bits per heavy atom. The predicted molar refractivity (Wildman–Crippen MR) is 76.6 cm³/mol. The summed E-state index contributed by atoms with van der Waals surface area (Å²) >= 11 is 3.23. The van der Waals surface area contributed by atoms with Crippen LogP contribution in [0.3, 0.4) is 0 Å². The van der Waals surface area contributed by atoms with Crippen LogP contribution in [0.2, 0.25) is 0 Å². The Labute approximate surface area is 123 Å². The fraction of sp³-hybridized carbons (Fsp3) is 0. The molecule has 0 spiro atoms. The lowest BCUT2D eigenvalue weighted by Gasteiger charge is -2.09. The van der Waals surface area contributed by atoms with Gasteiger partial charge >= 0.3 is 0 Å². The Hall–Kier alpha value is -2.52. The smallest absolute Gasteiger partial charge is 0.263 e. The molecule has 0 atom stereocenters. The first-order chi connectivity index (χ1) is 9.52. The summed E-state index contributed by atoms with van der Waals surface area (Å²) in [5.74, 6) is -1.37. The highest BCUT2D eigenvalue weighted by molar-refractivity contribution is 9.10. The lowest BCUT2D eigenvalue weighted by atomic mass is 10.1. The number of hydrogen-bond acceptors (Lipinski definition) is 4. The number of nitrogens with zero attached hydrogens (tertiary/aromatic N) is 1. The SMILES string of the molecule is N#Cc1cc(Br)ccc1NC(=O)c1c(O)cccc1O. The van der Waals surface area contributed by atoms with E-state index in [2.05, 4.69) is 21.2 Å². The molecule has 6 heteroatoms. The van der Waals surface area contributed by atoms with Crippen molar-refractivity contribution >= 4 is 27.5 Å². The van der Waals surface area contributed by atoms with Crippen molar-refractivity contribution in [3.63, 3.8) is 0 Å². The number of carbonyl (C=O) groups excluding carboxylic acids is 1. The van der Waals surface area contributed by atoms with Gasteiger partial charge in [-0.15, -0.1) is 0 Å². The van der Waals surface area contributed by atoms with Gasteiger partial charge in [-0.25, -0.2) is 0 Å². The number of anilines is 1. The van der Waals surface area contributed by atoms with Crippen LogP contribution in [0.1, 0.15) is 15.9 Å². The van der Waals surface area contributed by atoms with Crippen LogP contribution in [0.15, 0.2) is 40.9 Å². The molecule has 0 saturated carbocycles. The quantitative estimate of drug-likeness (QED) is 0.788. The van der Waals surface area contributed by atoms with Crippen LogP contribution in [0.4, 0.5) is 5.69 Å². The zero-order valence-electron chi connectivity index (χ0n) is 10.1. The van der Waals surface area contributed by atoms with E-state index in [0.717, 1.165) is 0 Å². The van der Waals surface area contributed by atoms with Crippen molar-refractivity contribution < 1.29 is 15.0 Å². The first kappa shape index (κ1) is 13.9. The molecular weight excluding hydrogens is 324 g/mol. The number of rotatable bonds is 2. The minimum atomic E-state index is -0.695. The summed E-state index contributed by atoms with van der Waals surface area (Å²) in [5, 5.41) is 30.7. The molecule has 20 heavy (non-hydrogen) atoms. The Morgan fingerprint density at radius 1 is 1.20 bits per heavy atom. The average molecular weight is 333 g/mol. The van der Waals surface area contributed by atoms with Crippen LogP contribution in [-0.2, 0) is 0 Å². The van der Waals surface area contributed by atoms with Crippen LogP contribution in [0, 0.1) is 11.3 Å². The van der Waals surface area contributed by atoms with E-state index in [-0.39, 0.29) is 22.6 Å². The van der Waals surface area contributed by atoms with E-state index in [9.17, 15) is 15.0 Å². The van der Waals surface area contributed by atoms with Crippen molar-refractivity contribution in [2.75, 3.05) is 5.32 Å². The van der Waals surface area contributed by atoms with Gasteiger partial charge in [0.2, 0.25) is 0 Å². The van der Waals surface area contributed by atoms with Crippen LogP contribution < -0.4 is 5.32 Å². The summed E-state index contributed by atoms with van der Waals surface area (Å²) in [6.07, 6.45) is 0. The van der Waals surface area contributed by atoms with Gasteiger partial charge in [0.1, 0.15) is 23.1 Å². The third-order valence-corrected chi connectivity index (χ3v) is 3.09. The third-order valence-electron chi connectivity index (χ3n) is 2.60. The Balaban J connectivity index is 2.36. The fourth-order valence-electron chi connectivity index (χ4n) is 1.66. The molecule has 0 heterocycles. The highest BCUT2D eigenvalue weighted by atomic mass is 79.9. The van der Waals surface area contributed by atoms with Crippen LogP contribution in [0.25, 0.3) is 0 Å². The highest BCUT2D eigenvalue weighted by Gasteiger charge is 2.17. The number of phenolic OH excluding ortho intramolecular Hbond substituents is 2. The minimum Gasteiger partial charge on any atom is -0.507 e.